The van der Waals surface area contributed by atoms with Crippen LogP contribution in [0, 0.1) is 6.92 Å². The van der Waals surface area contributed by atoms with Crippen molar-refractivity contribution in [3.05, 3.63) is 34.6 Å². The van der Waals surface area contributed by atoms with Gasteiger partial charge in [0.1, 0.15) is 0 Å². The number of halogens is 1. The Hall–Kier alpha value is -1.88. The van der Waals surface area contributed by atoms with Crippen molar-refractivity contribution in [1.29, 1.82) is 0 Å². The van der Waals surface area contributed by atoms with Crippen LogP contribution in [0.15, 0.2) is 18.2 Å². The highest BCUT2D eigenvalue weighted by atomic mass is 35.5. The van der Waals surface area contributed by atoms with Crippen molar-refractivity contribution in [2.75, 3.05) is 23.8 Å². The van der Waals surface area contributed by atoms with E-state index in [9.17, 15) is 0 Å². The predicted octanol–water partition coefficient (Wildman–Crippen LogP) is 2.96. The maximum atomic E-state index is 5.97. The first-order valence-electron chi connectivity index (χ1n) is 6.64. The molecule has 2 aromatic rings. The zero-order chi connectivity index (χ0) is 14.1. The summed E-state index contributed by atoms with van der Waals surface area (Å²) in [6.45, 7) is 3.00. The Bertz CT molecular complexity index is 643. The summed E-state index contributed by atoms with van der Waals surface area (Å²) in [5, 5.41) is 3.11. The summed E-state index contributed by atoms with van der Waals surface area (Å²) in [7, 11) is 1.77. The number of rotatable bonds is 2. The molecule has 104 valence electrons. The van der Waals surface area contributed by atoms with Crippen LogP contribution in [0.25, 0.3) is 0 Å². The topological polar surface area (TPSA) is 53.9 Å². The van der Waals surface area contributed by atoms with Gasteiger partial charge in [-0.1, -0.05) is 17.7 Å². The molecule has 0 unspecified atom stereocenters. The van der Waals surface area contributed by atoms with Gasteiger partial charge in [-0.3, -0.25) is 0 Å². The zero-order valence-corrected chi connectivity index (χ0v) is 12.3. The second-order valence-corrected chi connectivity index (χ2v) is 5.20. The maximum Gasteiger partial charge on any atom is 0.236 e. The third kappa shape index (κ3) is 2.41. The monoisotopic (exact) mass is 289 g/mol. The van der Waals surface area contributed by atoms with E-state index in [1.807, 2.05) is 0 Å². The van der Waals surface area contributed by atoms with E-state index in [4.69, 9.17) is 11.6 Å². The SMILES string of the molecule is CNc1nc(Cl)nc(N2CCCc3cc(C)ccc32)n1. The standard InChI is InChI=1S/C14H16ClN5/c1-9-5-6-11-10(8-9)4-3-7-20(11)14-18-12(15)17-13(16-2)19-14/h5-6,8H,3-4,7H2,1-2H3,(H,16,17,18,19). The summed E-state index contributed by atoms with van der Waals surface area (Å²) >= 11 is 5.97. The molecule has 0 aliphatic carbocycles. The van der Waals surface area contributed by atoms with E-state index >= 15 is 0 Å². The molecule has 1 aliphatic rings. The number of nitrogens with zero attached hydrogens (tertiary/aromatic N) is 4. The Morgan fingerprint density at radius 2 is 2.10 bits per heavy atom. The van der Waals surface area contributed by atoms with Crippen LogP contribution in [-0.2, 0) is 6.42 Å². The molecule has 5 nitrogen and oxygen atoms in total. The van der Waals surface area contributed by atoms with E-state index in [1.165, 1.54) is 11.1 Å². The average Bonchev–Trinajstić information content (AvgIpc) is 2.45. The van der Waals surface area contributed by atoms with Gasteiger partial charge in [0.15, 0.2) is 0 Å². The van der Waals surface area contributed by atoms with E-state index in [-0.39, 0.29) is 5.28 Å². The molecule has 2 heterocycles. The molecule has 0 amide bonds. The third-order valence-electron chi connectivity index (χ3n) is 3.41. The van der Waals surface area contributed by atoms with Crippen LogP contribution < -0.4 is 10.2 Å². The molecule has 0 saturated heterocycles. The summed E-state index contributed by atoms with van der Waals surface area (Å²) in [5.41, 5.74) is 3.76. The fourth-order valence-electron chi connectivity index (χ4n) is 2.51. The van der Waals surface area contributed by atoms with E-state index in [2.05, 4.69) is 50.3 Å². The van der Waals surface area contributed by atoms with Crippen molar-refractivity contribution in [2.45, 2.75) is 19.8 Å². The summed E-state index contributed by atoms with van der Waals surface area (Å²) < 4.78 is 0. The molecule has 0 spiro atoms. The summed E-state index contributed by atoms with van der Waals surface area (Å²) in [6.07, 6.45) is 2.17. The number of aryl methyl sites for hydroxylation is 2. The highest BCUT2D eigenvalue weighted by molar-refractivity contribution is 6.28. The van der Waals surface area contributed by atoms with Gasteiger partial charge in [-0.25, -0.2) is 0 Å². The van der Waals surface area contributed by atoms with Crippen LogP contribution in [-0.4, -0.2) is 28.5 Å². The molecule has 3 rings (SSSR count). The number of fused-ring (bicyclic) bond motifs is 1. The number of benzene rings is 1. The van der Waals surface area contributed by atoms with Gasteiger partial charge < -0.3 is 10.2 Å². The van der Waals surface area contributed by atoms with Crippen molar-refractivity contribution < 1.29 is 0 Å². The van der Waals surface area contributed by atoms with Gasteiger partial charge in [0.2, 0.25) is 17.2 Å². The van der Waals surface area contributed by atoms with Crippen LogP contribution in [0.4, 0.5) is 17.6 Å². The molecule has 0 radical (unpaired) electrons. The van der Waals surface area contributed by atoms with Gasteiger partial charge in [0.05, 0.1) is 0 Å². The molecule has 20 heavy (non-hydrogen) atoms. The highest BCUT2D eigenvalue weighted by Gasteiger charge is 2.21. The quantitative estimate of drug-likeness (QED) is 0.921. The molecule has 1 aliphatic heterocycles. The average molecular weight is 290 g/mol. The normalized spacial score (nSPS) is 14.1. The first-order chi connectivity index (χ1) is 9.67. The predicted molar refractivity (Wildman–Crippen MR) is 80.9 cm³/mol. The van der Waals surface area contributed by atoms with E-state index < -0.39 is 0 Å². The molecular formula is C14H16ClN5. The van der Waals surface area contributed by atoms with E-state index in [0.29, 0.717) is 11.9 Å². The Morgan fingerprint density at radius 3 is 2.90 bits per heavy atom. The number of anilines is 3. The van der Waals surface area contributed by atoms with Crippen molar-refractivity contribution in [2.24, 2.45) is 0 Å². The molecule has 1 aromatic carbocycles. The van der Waals surface area contributed by atoms with Crippen LogP contribution in [0.2, 0.25) is 5.28 Å². The summed E-state index contributed by atoms with van der Waals surface area (Å²) in [6, 6.07) is 6.46. The Labute approximate surface area is 123 Å². The lowest BCUT2D eigenvalue weighted by molar-refractivity contribution is 0.747. The van der Waals surface area contributed by atoms with Crippen LogP contribution in [0.3, 0.4) is 0 Å². The minimum atomic E-state index is 0.207. The number of hydrogen-bond acceptors (Lipinski definition) is 5. The number of hydrogen-bond donors (Lipinski definition) is 1. The van der Waals surface area contributed by atoms with Crippen molar-refractivity contribution >= 4 is 29.2 Å². The lowest BCUT2D eigenvalue weighted by Gasteiger charge is -2.29. The Kier molecular flexibility index (Phi) is 3.44. The zero-order valence-electron chi connectivity index (χ0n) is 11.5. The van der Waals surface area contributed by atoms with Gasteiger partial charge >= 0.3 is 0 Å². The van der Waals surface area contributed by atoms with Crippen molar-refractivity contribution in [1.82, 2.24) is 15.0 Å². The second-order valence-electron chi connectivity index (χ2n) is 4.87. The third-order valence-corrected chi connectivity index (χ3v) is 3.58. The lowest BCUT2D eigenvalue weighted by Crippen LogP contribution is -2.26. The Balaban J connectivity index is 2.06. The molecule has 0 fully saturated rings. The molecule has 6 heteroatoms. The van der Waals surface area contributed by atoms with Crippen LogP contribution in [0.1, 0.15) is 17.5 Å². The minimum absolute atomic E-state index is 0.207. The molecule has 1 aromatic heterocycles. The second kappa shape index (κ2) is 5.25. The molecular weight excluding hydrogens is 274 g/mol. The fourth-order valence-corrected chi connectivity index (χ4v) is 2.66. The van der Waals surface area contributed by atoms with E-state index in [0.717, 1.165) is 25.1 Å². The maximum absolute atomic E-state index is 5.97. The number of aromatic nitrogens is 3. The lowest BCUT2D eigenvalue weighted by atomic mass is 10.00. The van der Waals surface area contributed by atoms with Crippen molar-refractivity contribution in [3.63, 3.8) is 0 Å². The minimum Gasteiger partial charge on any atom is -0.357 e. The van der Waals surface area contributed by atoms with Gasteiger partial charge in [0.25, 0.3) is 0 Å². The first kappa shape index (κ1) is 13.1. The van der Waals surface area contributed by atoms with Gasteiger partial charge in [0, 0.05) is 19.3 Å². The first-order valence-corrected chi connectivity index (χ1v) is 7.01. The molecule has 0 saturated carbocycles. The fraction of sp³-hybridized carbons (Fsp3) is 0.357. The Morgan fingerprint density at radius 1 is 1.25 bits per heavy atom. The van der Waals surface area contributed by atoms with Crippen molar-refractivity contribution in [3.8, 4) is 0 Å². The van der Waals surface area contributed by atoms with Gasteiger partial charge in [-0.2, -0.15) is 15.0 Å². The highest BCUT2D eigenvalue weighted by Crippen LogP contribution is 2.32. The van der Waals surface area contributed by atoms with Gasteiger partial charge in [-0.15, -0.1) is 0 Å². The number of nitrogens with one attached hydrogen (secondary N) is 1. The molecule has 0 bridgehead atoms. The van der Waals surface area contributed by atoms with Gasteiger partial charge in [-0.05, 0) is 43.0 Å². The smallest absolute Gasteiger partial charge is 0.236 e. The van der Waals surface area contributed by atoms with Crippen LogP contribution >= 0.6 is 11.6 Å². The van der Waals surface area contributed by atoms with E-state index in [1.54, 1.807) is 7.05 Å². The largest absolute Gasteiger partial charge is 0.357 e. The molecule has 0 atom stereocenters. The summed E-state index contributed by atoms with van der Waals surface area (Å²) in [4.78, 5) is 14.8. The molecule has 1 N–H and O–H groups in total. The summed E-state index contributed by atoms with van der Waals surface area (Å²) in [5.74, 6) is 1.08. The van der Waals surface area contributed by atoms with Crippen LogP contribution in [0.5, 0.6) is 0 Å².